The Labute approximate surface area is 193 Å². The first kappa shape index (κ1) is 23.5. The van der Waals surface area contributed by atoms with Crippen LogP contribution in [0.5, 0.6) is 0 Å². The molecule has 1 aliphatic heterocycles. The van der Waals surface area contributed by atoms with Crippen molar-refractivity contribution in [3.05, 3.63) is 66.0 Å². The summed E-state index contributed by atoms with van der Waals surface area (Å²) < 4.78 is 40.6. The molecule has 0 amide bonds. The topological polar surface area (TPSA) is 105 Å². The number of rotatable bonds is 5. The van der Waals surface area contributed by atoms with E-state index in [1.807, 2.05) is 24.3 Å². The van der Waals surface area contributed by atoms with E-state index < -0.39 is 28.8 Å². The third-order valence-electron chi connectivity index (χ3n) is 5.96. The summed E-state index contributed by atoms with van der Waals surface area (Å²) >= 11 is 0. The van der Waals surface area contributed by atoms with Gasteiger partial charge in [-0.2, -0.15) is 18.4 Å². The van der Waals surface area contributed by atoms with Crippen molar-refractivity contribution in [3.8, 4) is 6.07 Å². The van der Waals surface area contributed by atoms with Gasteiger partial charge in [-0.3, -0.25) is 4.98 Å². The van der Waals surface area contributed by atoms with Gasteiger partial charge in [0, 0.05) is 42.1 Å². The van der Waals surface area contributed by atoms with Crippen molar-refractivity contribution in [3.63, 3.8) is 0 Å². The molecule has 34 heavy (non-hydrogen) atoms. The number of fused-ring (bicyclic) bond motifs is 1. The first-order chi connectivity index (χ1) is 16.0. The standard InChI is InChI=1S/C24H22F3N5O2/c1-22(2)24(33,34)31-21(9-11-30-20-5-3-4-15-8-10-29-14-18(15)20)32(22)17-7-6-16(13-28)19(12-17)23(25,26)27/h3-8,10,12,14,30,33-34H,9,11H2,1-2H3. The second-order valence-electron chi connectivity index (χ2n) is 8.48. The second kappa shape index (κ2) is 8.27. The molecule has 176 valence electrons. The molecule has 0 saturated carbocycles. The summed E-state index contributed by atoms with van der Waals surface area (Å²) in [5.41, 5.74) is -2.22. The molecule has 0 radical (unpaired) electrons. The van der Waals surface area contributed by atoms with E-state index in [-0.39, 0.29) is 17.9 Å². The molecular weight excluding hydrogens is 447 g/mol. The average molecular weight is 469 g/mol. The minimum Gasteiger partial charge on any atom is -0.384 e. The number of aromatic nitrogens is 1. The largest absolute Gasteiger partial charge is 0.417 e. The van der Waals surface area contributed by atoms with Crippen molar-refractivity contribution >= 4 is 28.0 Å². The van der Waals surface area contributed by atoms with Crippen LogP contribution in [0.25, 0.3) is 10.8 Å². The molecule has 0 bridgehead atoms. The van der Waals surface area contributed by atoms with Crippen LogP contribution >= 0.6 is 0 Å². The number of pyridine rings is 1. The zero-order valence-electron chi connectivity index (χ0n) is 18.4. The summed E-state index contributed by atoms with van der Waals surface area (Å²) in [5, 5.41) is 35.3. The van der Waals surface area contributed by atoms with E-state index in [4.69, 9.17) is 5.26 Å². The number of nitrogens with one attached hydrogen (secondary N) is 1. The summed E-state index contributed by atoms with van der Waals surface area (Å²) in [6, 6.07) is 12.4. The number of nitriles is 1. The molecule has 0 atom stereocenters. The zero-order chi connectivity index (χ0) is 24.7. The second-order valence-corrected chi connectivity index (χ2v) is 8.48. The highest BCUT2D eigenvalue weighted by molar-refractivity contribution is 6.02. The van der Waals surface area contributed by atoms with Gasteiger partial charge in [0.2, 0.25) is 0 Å². The lowest BCUT2D eigenvalue weighted by molar-refractivity contribution is -0.185. The van der Waals surface area contributed by atoms with Crippen molar-refractivity contribution in [2.45, 2.75) is 37.9 Å². The predicted molar refractivity (Wildman–Crippen MR) is 122 cm³/mol. The molecule has 0 unspecified atom stereocenters. The van der Waals surface area contributed by atoms with Crippen LogP contribution in [0.15, 0.2) is 59.9 Å². The minimum atomic E-state index is -4.75. The third kappa shape index (κ3) is 4.04. The van der Waals surface area contributed by atoms with E-state index >= 15 is 0 Å². The minimum absolute atomic E-state index is 0.0504. The maximum Gasteiger partial charge on any atom is 0.417 e. The summed E-state index contributed by atoms with van der Waals surface area (Å²) in [6.07, 6.45) is -1.15. The fourth-order valence-corrected chi connectivity index (χ4v) is 4.06. The lowest BCUT2D eigenvalue weighted by Gasteiger charge is -2.39. The maximum absolute atomic E-state index is 13.5. The van der Waals surface area contributed by atoms with Gasteiger partial charge in [0.05, 0.1) is 17.2 Å². The highest BCUT2D eigenvalue weighted by atomic mass is 19.4. The molecular formula is C24H22F3N5O2. The zero-order valence-corrected chi connectivity index (χ0v) is 18.4. The summed E-state index contributed by atoms with van der Waals surface area (Å²) in [4.78, 5) is 9.52. The number of nitrogens with zero attached hydrogens (tertiary/aromatic N) is 4. The predicted octanol–water partition coefficient (Wildman–Crippen LogP) is 4.26. The molecule has 0 saturated heterocycles. The molecule has 3 aromatic rings. The molecule has 1 aliphatic rings. The van der Waals surface area contributed by atoms with Crippen LogP contribution < -0.4 is 10.2 Å². The summed E-state index contributed by atoms with van der Waals surface area (Å²) in [7, 11) is 0. The van der Waals surface area contributed by atoms with Gasteiger partial charge in [-0.1, -0.05) is 12.1 Å². The Kier molecular flexibility index (Phi) is 5.71. The van der Waals surface area contributed by atoms with Gasteiger partial charge in [0.15, 0.2) is 0 Å². The van der Waals surface area contributed by atoms with Crippen molar-refractivity contribution < 1.29 is 23.4 Å². The number of amidine groups is 1. The number of alkyl halides is 3. The number of hydrogen-bond donors (Lipinski definition) is 3. The fraction of sp³-hybridized carbons (Fsp3) is 0.292. The normalized spacial score (nSPS) is 16.9. The van der Waals surface area contributed by atoms with Crippen LogP contribution in [0.1, 0.15) is 31.4 Å². The molecule has 0 spiro atoms. The Hall–Kier alpha value is -3.68. The van der Waals surface area contributed by atoms with E-state index in [2.05, 4.69) is 15.3 Å². The molecule has 7 nitrogen and oxygen atoms in total. The van der Waals surface area contributed by atoms with Crippen molar-refractivity contribution in [2.24, 2.45) is 4.99 Å². The number of anilines is 2. The number of benzene rings is 2. The van der Waals surface area contributed by atoms with E-state index in [1.165, 1.54) is 24.8 Å². The van der Waals surface area contributed by atoms with Gasteiger partial charge in [0.1, 0.15) is 11.4 Å². The maximum atomic E-state index is 13.5. The smallest absolute Gasteiger partial charge is 0.384 e. The molecule has 0 fully saturated rings. The molecule has 0 aliphatic carbocycles. The molecule has 1 aromatic heterocycles. The SMILES string of the molecule is CC1(C)N(c2ccc(C#N)c(C(F)(F)F)c2)C(CCNc2cccc3ccncc23)=NC1(O)O. The number of hydrogen-bond acceptors (Lipinski definition) is 7. The van der Waals surface area contributed by atoms with Crippen LogP contribution in [0, 0.1) is 11.3 Å². The Morgan fingerprint density at radius 1 is 1.15 bits per heavy atom. The summed E-state index contributed by atoms with van der Waals surface area (Å²) in [6.45, 7) is 3.26. The van der Waals surface area contributed by atoms with Gasteiger partial charge < -0.3 is 20.4 Å². The van der Waals surface area contributed by atoms with Crippen LogP contribution in [0.3, 0.4) is 0 Å². The number of aliphatic hydroxyl groups is 2. The van der Waals surface area contributed by atoms with E-state index in [0.29, 0.717) is 6.54 Å². The van der Waals surface area contributed by atoms with Gasteiger partial charge in [0.25, 0.3) is 5.91 Å². The van der Waals surface area contributed by atoms with Gasteiger partial charge >= 0.3 is 6.18 Å². The lowest BCUT2D eigenvalue weighted by atomic mass is 9.97. The molecule has 4 rings (SSSR count). The molecule has 2 heterocycles. The van der Waals surface area contributed by atoms with Gasteiger partial charge in [-0.25, -0.2) is 4.99 Å². The average Bonchev–Trinajstić information content (AvgIpc) is 2.96. The monoisotopic (exact) mass is 469 g/mol. The highest BCUT2D eigenvalue weighted by Gasteiger charge is 2.54. The van der Waals surface area contributed by atoms with E-state index in [1.54, 1.807) is 18.5 Å². The Morgan fingerprint density at radius 2 is 1.91 bits per heavy atom. The van der Waals surface area contributed by atoms with Crippen LogP contribution in [-0.4, -0.2) is 39.0 Å². The van der Waals surface area contributed by atoms with Gasteiger partial charge in [-0.05, 0) is 49.6 Å². The fourth-order valence-electron chi connectivity index (χ4n) is 4.06. The summed E-state index contributed by atoms with van der Waals surface area (Å²) in [5.74, 6) is -2.34. The number of halogens is 3. The van der Waals surface area contributed by atoms with Crippen LogP contribution in [0.2, 0.25) is 0 Å². The van der Waals surface area contributed by atoms with E-state index in [9.17, 15) is 23.4 Å². The van der Waals surface area contributed by atoms with Crippen molar-refractivity contribution in [1.82, 2.24) is 4.98 Å². The highest BCUT2D eigenvalue weighted by Crippen LogP contribution is 2.41. The van der Waals surface area contributed by atoms with Crippen molar-refractivity contribution in [2.75, 3.05) is 16.8 Å². The Balaban J connectivity index is 1.64. The lowest BCUT2D eigenvalue weighted by Crippen LogP contribution is -2.56. The molecule has 10 heteroatoms. The first-order valence-electron chi connectivity index (χ1n) is 10.5. The molecule has 3 N–H and O–H groups in total. The quantitative estimate of drug-likeness (QED) is 0.483. The Bertz CT molecular complexity index is 1310. The van der Waals surface area contributed by atoms with Crippen LogP contribution in [0.4, 0.5) is 24.5 Å². The van der Waals surface area contributed by atoms with Crippen molar-refractivity contribution in [1.29, 1.82) is 5.26 Å². The first-order valence-corrected chi connectivity index (χ1v) is 10.5. The Morgan fingerprint density at radius 3 is 2.62 bits per heavy atom. The third-order valence-corrected chi connectivity index (χ3v) is 5.96. The number of aliphatic imine (C=N–C) groups is 1. The van der Waals surface area contributed by atoms with E-state index in [0.717, 1.165) is 28.6 Å². The van der Waals surface area contributed by atoms with Gasteiger partial charge in [-0.15, -0.1) is 0 Å². The molecule has 2 aromatic carbocycles. The van der Waals surface area contributed by atoms with Crippen LogP contribution in [-0.2, 0) is 6.18 Å².